The molecule has 1 N–H and O–H groups in total. The van der Waals surface area contributed by atoms with Crippen LogP contribution in [0.3, 0.4) is 0 Å². The first kappa shape index (κ1) is 21.8. The van der Waals surface area contributed by atoms with Crippen molar-refractivity contribution >= 4 is 11.8 Å². The summed E-state index contributed by atoms with van der Waals surface area (Å²) >= 11 is 1.90. The van der Waals surface area contributed by atoms with Crippen molar-refractivity contribution in [1.29, 1.82) is 0 Å². The van der Waals surface area contributed by atoms with Crippen LogP contribution in [-0.4, -0.2) is 24.1 Å². The van der Waals surface area contributed by atoms with Gasteiger partial charge in [-0.3, -0.25) is 0 Å². The fourth-order valence-electron chi connectivity index (χ4n) is 3.54. The van der Waals surface area contributed by atoms with Crippen molar-refractivity contribution in [2.24, 2.45) is 5.41 Å². The summed E-state index contributed by atoms with van der Waals surface area (Å²) < 4.78 is 5.31. The number of methoxy groups -OCH3 is 1. The van der Waals surface area contributed by atoms with Crippen molar-refractivity contribution in [2.45, 2.75) is 63.9 Å². The molecular formula is C24H34O2S. The van der Waals surface area contributed by atoms with E-state index in [1.54, 1.807) is 7.11 Å². The van der Waals surface area contributed by atoms with Crippen molar-refractivity contribution in [3.8, 4) is 5.75 Å². The maximum Gasteiger partial charge on any atom is 0.119 e. The average molecular weight is 387 g/mol. The Kier molecular flexibility index (Phi) is 8.72. The molecule has 1 heterocycles. The van der Waals surface area contributed by atoms with Gasteiger partial charge in [0.1, 0.15) is 5.75 Å². The van der Waals surface area contributed by atoms with Gasteiger partial charge in [-0.2, -0.15) is 0 Å². The van der Waals surface area contributed by atoms with Crippen LogP contribution in [0.4, 0.5) is 0 Å². The van der Waals surface area contributed by atoms with Crippen molar-refractivity contribution in [1.82, 2.24) is 0 Å². The number of benzene rings is 2. The van der Waals surface area contributed by atoms with Crippen molar-refractivity contribution < 1.29 is 9.84 Å². The van der Waals surface area contributed by atoms with E-state index in [4.69, 9.17) is 4.74 Å². The lowest BCUT2D eigenvalue weighted by molar-refractivity contribution is 0.0309. The van der Waals surface area contributed by atoms with E-state index in [0.29, 0.717) is 0 Å². The molecule has 3 heteroatoms. The summed E-state index contributed by atoms with van der Waals surface area (Å²) in [6.45, 7) is 6.52. The molecule has 148 valence electrons. The van der Waals surface area contributed by atoms with E-state index in [-0.39, 0.29) is 11.5 Å². The fourth-order valence-corrected chi connectivity index (χ4v) is 5.02. The topological polar surface area (TPSA) is 29.5 Å². The largest absolute Gasteiger partial charge is 0.497 e. The second-order valence-electron chi connectivity index (χ2n) is 7.46. The van der Waals surface area contributed by atoms with Gasteiger partial charge in [-0.15, -0.1) is 11.8 Å². The third-order valence-electron chi connectivity index (χ3n) is 5.58. The molecule has 2 aromatic rings. The standard InChI is InChI=1S/C17H26O2S.C7H8/c1-4-6-9-17(5-2)12-20-15-8-7-14(19-3)10-13(15)11-16(17)18;1-7-5-3-2-4-6-7/h7-8,10,16,18H,4-6,9,11-12H2,1-3H3;2-6H,1H3/t16-,17-;/m1./s1. The zero-order valence-electron chi connectivity index (χ0n) is 17.2. The third kappa shape index (κ3) is 6.02. The molecule has 0 unspecified atom stereocenters. The lowest BCUT2D eigenvalue weighted by Gasteiger charge is -2.36. The first-order valence-electron chi connectivity index (χ1n) is 10.0. The molecule has 0 bridgehead atoms. The van der Waals surface area contributed by atoms with Crippen LogP contribution in [-0.2, 0) is 6.42 Å². The van der Waals surface area contributed by atoms with Crippen molar-refractivity contribution in [3.05, 3.63) is 59.7 Å². The van der Waals surface area contributed by atoms with Gasteiger partial charge in [0.05, 0.1) is 13.2 Å². The predicted octanol–water partition coefficient (Wildman–Crippen LogP) is 6.29. The molecule has 2 aromatic carbocycles. The van der Waals surface area contributed by atoms with Gasteiger partial charge < -0.3 is 9.84 Å². The summed E-state index contributed by atoms with van der Waals surface area (Å²) in [6, 6.07) is 16.5. The van der Waals surface area contributed by atoms with Gasteiger partial charge in [0, 0.05) is 22.5 Å². The minimum absolute atomic E-state index is 0.0624. The molecule has 0 amide bonds. The quantitative estimate of drug-likeness (QED) is 0.655. The Hall–Kier alpha value is -1.45. The molecule has 0 fully saturated rings. The SMILES string of the molecule is CCCC[C@]1(CC)CSc2ccc(OC)cc2C[C@H]1O.Cc1ccccc1. The Labute approximate surface area is 169 Å². The normalized spacial score (nSPS) is 21.4. The Morgan fingerprint density at radius 1 is 1.15 bits per heavy atom. The van der Waals surface area contributed by atoms with Crippen LogP contribution in [0.2, 0.25) is 0 Å². The molecule has 0 saturated carbocycles. The highest BCUT2D eigenvalue weighted by atomic mass is 32.2. The zero-order valence-corrected chi connectivity index (χ0v) is 18.0. The Balaban J connectivity index is 0.000000313. The summed E-state index contributed by atoms with van der Waals surface area (Å²) in [5.41, 5.74) is 2.61. The summed E-state index contributed by atoms with van der Waals surface area (Å²) in [4.78, 5) is 1.30. The van der Waals surface area contributed by atoms with E-state index in [0.717, 1.165) is 30.8 Å². The molecule has 1 aliphatic heterocycles. The van der Waals surface area contributed by atoms with Gasteiger partial charge in [-0.05, 0) is 43.5 Å². The van der Waals surface area contributed by atoms with Crippen LogP contribution in [0.15, 0.2) is 53.4 Å². The monoisotopic (exact) mass is 386 g/mol. The molecule has 2 nitrogen and oxygen atoms in total. The number of unbranched alkanes of at least 4 members (excludes halogenated alkanes) is 1. The van der Waals surface area contributed by atoms with Crippen molar-refractivity contribution in [3.63, 3.8) is 0 Å². The van der Waals surface area contributed by atoms with E-state index in [1.807, 2.05) is 36.0 Å². The summed E-state index contributed by atoms with van der Waals surface area (Å²) in [6.07, 6.45) is 5.06. The maximum absolute atomic E-state index is 10.8. The molecule has 0 saturated heterocycles. The average Bonchev–Trinajstić information content (AvgIpc) is 2.83. The molecule has 0 radical (unpaired) electrons. The Morgan fingerprint density at radius 2 is 1.89 bits per heavy atom. The molecule has 0 aromatic heterocycles. The molecule has 27 heavy (non-hydrogen) atoms. The van der Waals surface area contributed by atoms with Crippen LogP contribution in [0.5, 0.6) is 5.75 Å². The highest BCUT2D eigenvalue weighted by Crippen LogP contribution is 2.44. The molecule has 2 atom stereocenters. The third-order valence-corrected chi connectivity index (χ3v) is 7.00. The molecule has 0 aliphatic carbocycles. The van der Waals surface area contributed by atoms with E-state index >= 15 is 0 Å². The van der Waals surface area contributed by atoms with E-state index < -0.39 is 0 Å². The second-order valence-corrected chi connectivity index (χ2v) is 8.47. The number of thioether (sulfide) groups is 1. The fraction of sp³-hybridized carbons (Fsp3) is 0.500. The number of ether oxygens (including phenoxy) is 1. The lowest BCUT2D eigenvalue weighted by atomic mass is 9.75. The van der Waals surface area contributed by atoms with Crippen LogP contribution >= 0.6 is 11.8 Å². The zero-order chi connectivity index (χ0) is 19.7. The molecular weight excluding hydrogens is 352 g/mol. The minimum atomic E-state index is -0.250. The van der Waals surface area contributed by atoms with Crippen molar-refractivity contribution in [2.75, 3.05) is 12.9 Å². The van der Waals surface area contributed by atoms with Gasteiger partial charge >= 0.3 is 0 Å². The maximum atomic E-state index is 10.8. The van der Waals surface area contributed by atoms with E-state index in [2.05, 4.69) is 45.0 Å². The smallest absolute Gasteiger partial charge is 0.119 e. The highest BCUT2D eigenvalue weighted by molar-refractivity contribution is 7.99. The Morgan fingerprint density at radius 3 is 2.44 bits per heavy atom. The summed E-state index contributed by atoms with van der Waals surface area (Å²) in [5.74, 6) is 1.90. The number of rotatable bonds is 5. The first-order chi connectivity index (χ1) is 13.0. The van der Waals surface area contributed by atoms with Gasteiger partial charge in [0.25, 0.3) is 0 Å². The first-order valence-corrected chi connectivity index (χ1v) is 11.0. The van der Waals surface area contributed by atoms with E-state index in [1.165, 1.54) is 28.9 Å². The number of aliphatic hydroxyl groups is 1. The molecule has 3 rings (SSSR count). The minimum Gasteiger partial charge on any atom is -0.497 e. The number of aryl methyl sites for hydroxylation is 1. The summed E-state index contributed by atoms with van der Waals surface area (Å²) in [5, 5.41) is 10.8. The number of hydrogen-bond acceptors (Lipinski definition) is 3. The van der Waals surface area contributed by atoms with Gasteiger partial charge in [-0.25, -0.2) is 0 Å². The molecule has 0 spiro atoms. The van der Waals surface area contributed by atoms with Crippen LogP contribution in [0.25, 0.3) is 0 Å². The number of aliphatic hydroxyl groups excluding tert-OH is 1. The predicted molar refractivity (Wildman–Crippen MR) is 117 cm³/mol. The highest BCUT2D eigenvalue weighted by Gasteiger charge is 2.38. The van der Waals surface area contributed by atoms with Gasteiger partial charge in [-0.1, -0.05) is 62.6 Å². The molecule has 1 aliphatic rings. The van der Waals surface area contributed by atoms with Crippen LogP contribution in [0, 0.1) is 12.3 Å². The van der Waals surface area contributed by atoms with E-state index in [9.17, 15) is 5.11 Å². The van der Waals surface area contributed by atoms with Gasteiger partial charge in [0.2, 0.25) is 0 Å². The Bertz CT molecular complexity index is 686. The van der Waals surface area contributed by atoms with Crippen LogP contribution < -0.4 is 4.74 Å². The second kappa shape index (κ2) is 10.8. The van der Waals surface area contributed by atoms with Crippen LogP contribution in [0.1, 0.15) is 50.7 Å². The summed E-state index contributed by atoms with van der Waals surface area (Å²) in [7, 11) is 1.69. The lowest BCUT2D eigenvalue weighted by Crippen LogP contribution is -2.37. The number of fused-ring (bicyclic) bond motifs is 1. The number of hydrogen-bond donors (Lipinski definition) is 1. The van der Waals surface area contributed by atoms with Gasteiger partial charge in [0.15, 0.2) is 0 Å².